The predicted molar refractivity (Wildman–Crippen MR) is 96.8 cm³/mol. The smallest absolute Gasteiger partial charge is 0.110 e. The molecule has 0 fully saturated rings. The van der Waals surface area contributed by atoms with Crippen LogP contribution >= 0.6 is 11.6 Å². The number of benzene rings is 2. The molecule has 0 heterocycles. The summed E-state index contributed by atoms with van der Waals surface area (Å²) in [7, 11) is 4.06. The fraction of sp³-hybridized carbons (Fsp3) is 0.350. The van der Waals surface area contributed by atoms with Crippen molar-refractivity contribution in [3.63, 3.8) is 0 Å². The molecule has 3 heteroatoms. The first-order valence-electron chi connectivity index (χ1n) is 7.94. The molecule has 0 amide bonds. The number of rotatable bonds is 6. The zero-order valence-corrected chi connectivity index (χ0v) is 14.8. The highest BCUT2D eigenvalue weighted by Gasteiger charge is 2.37. The van der Waals surface area contributed by atoms with Gasteiger partial charge in [0.1, 0.15) is 5.41 Å². The van der Waals surface area contributed by atoms with E-state index in [-0.39, 0.29) is 0 Å². The summed E-state index contributed by atoms with van der Waals surface area (Å²) in [6, 6.07) is 18.5. The molecule has 1 atom stereocenters. The molecule has 0 aliphatic rings. The molecule has 2 aromatic rings. The summed E-state index contributed by atoms with van der Waals surface area (Å²) in [5, 5.41) is 10.9. The SMILES string of the molecule is CCc1ccccc1C(C#N)(CCN(C)C)c1ccccc1Cl. The monoisotopic (exact) mass is 326 g/mol. The summed E-state index contributed by atoms with van der Waals surface area (Å²) in [6.45, 7) is 2.94. The van der Waals surface area contributed by atoms with Crippen LogP contribution in [-0.4, -0.2) is 25.5 Å². The van der Waals surface area contributed by atoms with Gasteiger partial charge in [0, 0.05) is 5.02 Å². The summed E-state index contributed by atoms with van der Waals surface area (Å²) in [6.07, 6.45) is 1.60. The number of hydrogen-bond donors (Lipinski definition) is 0. The number of nitriles is 1. The maximum Gasteiger partial charge on any atom is 0.110 e. The van der Waals surface area contributed by atoms with Gasteiger partial charge in [-0.1, -0.05) is 61.0 Å². The fourth-order valence-electron chi connectivity index (χ4n) is 3.03. The zero-order chi connectivity index (χ0) is 16.9. The normalized spacial score (nSPS) is 13.6. The van der Waals surface area contributed by atoms with Crippen LogP contribution in [0, 0.1) is 11.3 Å². The summed E-state index contributed by atoms with van der Waals surface area (Å²) >= 11 is 6.48. The largest absolute Gasteiger partial charge is 0.309 e. The van der Waals surface area contributed by atoms with Gasteiger partial charge in [-0.25, -0.2) is 0 Å². The second kappa shape index (κ2) is 7.64. The Bertz CT molecular complexity index is 703. The third kappa shape index (κ3) is 3.58. The number of aryl methyl sites for hydroxylation is 1. The predicted octanol–water partition coefficient (Wildman–Crippen LogP) is 4.66. The lowest BCUT2D eigenvalue weighted by Gasteiger charge is -2.31. The van der Waals surface area contributed by atoms with Gasteiger partial charge in [-0.15, -0.1) is 0 Å². The van der Waals surface area contributed by atoms with Crippen LogP contribution in [0.1, 0.15) is 30.0 Å². The molecule has 0 saturated heterocycles. The van der Waals surface area contributed by atoms with Crippen molar-refractivity contribution in [2.75, 3.05) is 20.6 Å². The molecule has 0 aliphatic heterocycles. The molecular weight excluding hydrogens is 304 g/mol. The third-order valence-electron chi connectivity index (χ3n) is 4.32. The minimum Gasteiger partial charge on any atom is -0.309 e. The molecule has 0 spiro atoms. The molecule has 2 nitrogen and oxygen atoms in total. The van der Waals surface area contributed by atoms with Crippen LogP contribution < -0.4 is 0 Å². The molecule has 2 aromatic carbocycles. The zero-order valence-electron chi connectivity index (χ0n) is 14.0. The van der Waals surface area contributed by atoms with E-state index in [0.717, 1.165) is 24.1 Å². The quantitative estimate of drug-likeness (QED) is 0.771. The summed E-state index contributed by atoms with van der Waals surface area (Å²) < 4.78 is 0. The highest BCUT2D eigenvalue weighted by Crippen LogP contribution is 2.40. The van der Waals surface area contributed by atoms with E-state index in [1.165, 1.54) is 5.56 Å². The highest BCUT2D eigenvalue weighted by molar-refractivity contribution is 6.31. The molecular formula is C20H23ClN2. The van der Waals surface area contributed by atoms with Gasteiger partial charge in [-0.05, 0) is 56.2 Å². The lowest BCUT2D eigenvalue weighted by Crippen LogP contribution is -2.32. The van der Waals surface area contributed by atoms with Crippen LogP contribution in [0.2, 0.25) is 5.02 Å². The Labute approximate surface area is 144 Å². The Morgan fingerprint density at radius 3 is 2.22 bits per heavy atom. The van der Waals surface area contributed by atoms with E-state index >= 15 is 0 Å². The van der Waals surface area contributed by atoms with E-state index < -0.39 is 5.41 Å². The highest BCUT2D eigenvalue weighted by atomic mass is 35.5. The summed E-state index contributed by atoms with van der Waals surface area (Å²) in [5.41, 5.74) is 2.44. The van der Waals surface area contributed by atoms with Crippen molar-refractivity contribution in [2.24, 2.45) is 0 Å². The van der Waals surface area contributed by atoms with Gasteiger partial charge in [0.15, 0.2) is 0 Å². The van der Waals surface area contributed by atoms with Gasteiger partial charge in [-0.2, -0.15) is 5.26 Å². The van der Waals surface area contributed by atoms with Crippen molar-refractivity contribution in [1.82, 2.24) is 4.90 Å². The molecule has 0 bridgehead atoms. The number of nitrogens with zero attached hydrogens (tertiary/aromatic N) is 2. The van der Waals surface area contributed by atoms with Crippen molar-refractivity contribution in [3.8, 4) is 6.07 Å². The van der Waals surface area contributed by atoms with E-state index in [2.05, 4.69) is 30.0 Å². The standard InChI is InChI=1S/C20H23ClN2/c1-4-16-9-5-6-10-17(16)20(15-22,13-14-23(2)3)18-11-7-8-12-19(18)21/h5-12H,4,13-14H2,1-3H3. The Hall–Kier alpha value is -1.82. The first-order valence-corrected chi connectivity index (χ1v) is 8.32. The van der Waals surface area contributed by atoms with Crippen LogP contribution in [-0.2, 0) is 11.8 Å². The molecule has 0 radical (unpaired) electrons. The molecule has 120 valence electrons. The Kier molecular flexibility index (Phi) is 5.82. The summed E-state index contributed by atoms with van der Waals surface area (Å²) in [4.78, 5) is 2.11. The second-order valence-electron chi connectivity index (χ2n) is 6.06. The lowest BCUT2D eigenvalue weighted by molar-refractivity contribution is 0.371. The van der Waals surface area contributed by atoms with Gasteiger partial charge >= 0.3 is 0 Å². The van der Waals surface area contributed by atoms with Crippen molar-refractivity contribution in [3.05, 3.63) is 70.2 Å². The van der Waals surface area contributed by atoms with Crippen LogP contribution in [0.25, 0.3) is 0 Å². The fourth-order valence-corrected chi connectivity index (χ4v) is 3.33. The second-order valence-corrected chi connectivity index (χ2v) is 6.47. The van der Waals surface area contributed by atoms with E-state index in [4.69, 9.17) is 11.6 Å². The molecule has 23 heavy (non-hydrogen) atoms. The van der Waals surface area contributed by atoms with Crippen molar-refractivity contribution < 1.29 is 0 Å². The van der Waals surface area contributed by atoms with E-state index in [0.29, 0.717) is 11.4 Å². The number of hydrogen-bond acceptors (Lipinski definition) is 2. The van der Waals surface area contributed by atoms with E-state index in [1.807, 2.05) is 50.5 Å². The maximum atomic E-state index is 10.2. The van der Waals surface area contributed by atoms with Crippen LogP contribution in [0.4, 0.5) is 0 Å². The molecule has 1 unspecified atom stereocenters. The first-order chi connectivity index (χ1) is 11.0. The maximum absolute atomic E-state index is 10.2. The summed E-state index contributed by atoms with van der Waals surface area (Å²) in [5.74, 6) is 0. The van der Waals surface area contributed by atoms with Crippen LogP contribution in [0.15, 0.2) is 48.5 Å². The Morgan fingerprint density at radius 2 is 1.65 bits per heavy atom. The molecule has 0 aromatic heterocycles. The first kappa shape index (κ1) is 17.5. The minimum atomic E-state index is -0.727. The van der Waals surface area contributed by atoms with Gasteiger partial charge < -0.3 is 4.90 Å². The number of halogens is 1. The van der Waals surface area contributed by atoms with Gasteiger partial charge in [0.05, 0.1) is 6.07 Å². The average molecular weight is 327 g/mol. The third-order valence-corrected chi connectivity index (χ3v) is 4.65. The van der Waals surface area contributed by atoms with Crippen molar-refractivity contribution >= 4 is 11.6 Å². The van der Waals surface area contributed by atoms with Gasteiger partial charge in [-0.3, -0.25) is 0 Å². The van der Waals surface area contributed by atoms with Crippen molar-refractivity contribution in [2.45, 2.75) is 25.2 Å². The van der Waals surface area contributed by atoms with Crippen LogP contribution in [0.3, 0.4) is 0 Å². The molecule has 0 saturated carbocycles. The van der Waals surface area contributed by atoms with Crippen molar-refractivity contribution in [1.29, 1.82) is 5.26 Å². The molecule has 0 aliphatic carbocycles. The van der Waals surface area contributed by atoms with Gasteiger partial charge in [0.2, 0.25) is 0 Å². The minimum absolute atomic E-state index is 0.652. The average Bonchev–Trinajstić information content (AvgIpc) is 2.57. The Morgan fingerprint density at radius 1 is 1.04 bits per heavy atom. The Balaban J connectivity index is 2.69. The van der Waals surface area contributed by atoms with Crippen LogP contribution in [0.5, 0.6) is 0 Å². The van der Waals surface area contributed by atoms with E-state index in [1.54, 1.807) is 0 Å². The molecule has 0 N–H and O–H groups in total. The topological polar surface area (TPSA) is 27.0 Å². The van der Waals surface area contributed by atoms with E-state index in [9.17, 15) is 5.26 Å². The molecule has 2 rings (SSSR count). The lowest BCUT2D eigenvalue weighted by atomic mass is 9.71. The van der Waals surface area contributed by atoms with Gasteiger partial charge in [0.25, 0.3) is 0 Å².